The molecule has 0 spiro atoms. The molecule has 0 radical (unpaired) electrons. The molecule has 0 saturated heterocycles. The standard InChI is InChI=1S/C32H37NO6S2/c1-31(2,35)30(34)28(22-12-14-26(15-13-22)40(5,36)37)18-21-9-7-10-23(17-21)27-20-25(32(3,4)41(6,38)39)19-24-11-8-16-33-29(24)27/h7-17,19-20,28,30,34-35H,18H2,1-6H3. The highest BCUT2D eigenvalue weighted by atomic mass is 32.2. The Morgan fingerprint density at radius 2 is 1.51 bits per heavy atom. The smallest absolute Gasteiger partial charge is 0.175 e. The van der Waals surface area contributed by atoms with Gasteiger partial charge in [-0.25, -0.2) is 16.8 Å². The summed E-state index contributed by atoms with van der Waals surface area (Å²) in [6, 6.07) is 21.6. The second-order valence-corrected chi connectivity index (χ2v) is 16.4. The minimum Gasteiger partial charge on any atom is -0.390 e. The number of benzene rings is 3. The van der Waals surface area contributed by atoms with Gasteiger partial charge in [0.1, 0.15) is 0 Å². The van der Waals surface area contributed by atoms with Crippen molar-refractivity contribution in [2.45, 2.75) is 61.4 Å². The number of hydrogen-bond donors (Lipinski definition) is 2. The Morgan fingerprint density at radius 3 is 2.10 bits per heavy atom. The molecule has 2 N–H and O–H groups in total. The monoisotopic (exact) mass is 595 g/mol. The van der Waals surface area contributed by atoms with E-state index in [4.69, 9.17) is 0 Å². The lowest BCUT2D eigenvalue weighted by molar-refractivity contribution is -0.0609. The highest BCUT2D eigenvalue weighted by molar-refractivity contribution is 7.91. The van der Waals surface area contributed by atoms with Crippen molar-refractivity contribution in [1.29, 1.82) is 0 Å². The van der Waals surface area contributed by atoms with Crippen LogP contribution in [0.25, 0.3) is 22.0 Å². The van der Waals surface area contributed by atoms with Crippen molar-refractivity contribution in [3.63, 3.8) is 0 Å². The van der Waals surface area contributed by atoms with E-state index in [9.17, 15) is 27.0 Å². The third-order valence-electron chi connectivity index (χ3n) is 7.86. The molecule has 2 unspecified atom stereocenters. The van der Waals surface area contributed by atoms with Crippen LogP contribution in [0.1, 0.15) is 50.3 Å². The van der Waals surface area contributed by atoms with Crippen LogP contribution in [0.15, 0.2) is 83.9 Å². The summed E-state index contributed by atoms with van der Waals surface area (Å²) in [5.74, 6) is -0.538. The van der Waals surface area contributed by atoms with E-state index >= 15 is 0 Å². The van der Waals surface area contributed by atoms with Crippen molar-refractivity contribution in [3.05, 3.63) is 95.7 Å². The van der Waals surface area contributed by atoms with E-state index < -0.39 is 42.0 Å². The first-order valence-electron chi connectivity index (χ1n) is 13.3. The van der Waals surface area contributed by atoms with Crippen LogP contribution in [0.5, 0.6) is 0 Å². The lowest BCUT2D eigenvalue weighted by Crippen LogP contribution is -2.41. The molecule has 7 nitrogen and oxygen atoms in total. The summed E-state index contributed by atoms with van der Waals surface area (Å²) in [6.07, 6.45) is 3.29. The minimum absolute atomic E-state index is 0.177. The first-order valence-corrected chi connectivity index (χ1v) is 17.1. The molecule has 41 heavy (non-hydrogen) atoms. The molecule has 0 bridgehead atoms. The predicted molar refractivity (Wildman–Crippen MR) is 163 cm³/mol. The van der Waals surface area contributed by atoms with Gasteiger partial charge < -0.3 is 10.2 Å². The highest BCUT2D eigenvalue weighted by Gasteiger charge is 2.35. The van der Waals surface area contributed by atoms with E-state index in [1.807, 2.05) is 48.5 Å². The summed E-state index contributed by atoms with van der Waals surface area (Å²) in [6.45, 7) is 6.47. The average Bonchev–Trinajstić information content (AvgIpc) is 2.89. The molecule has 3 aromatic carbocycles. The van der Waals surface area contributed by atoms with Gasteiger partial charge in [-0.2, -0.15) is 0 Å². The van der Waals surface area contributed by atoms with E-state index in [0.717, 1.165) is 33.8 Å². The average molecular weight is 596 g/mol. The van der Waals surface area contributed by atoms with Gasteiger partial charge in [0.2, 0.25) is 0 Å². The van der Waals surface area contributed by atoms with Gasteiger partial charge in [-0.15, -0.1) is 0 Å². The number of nitrogens with zero attached hydrogens (tertiary/aromatic N) is 1. The van der Waals surface area contributed by atoms with Crippen LogP contribution in [-0.2, 0) is 30.8 Å². The van der Waals surface area contributed by atoms with Crippen molar-refractivity contribution in [3.8, 4) is 11.1 Å². The summed E-state index contributed by atoms with van der Waals surface area (Å²) < 4.78 is 48.2. The van der Waals surface area contributed by atoms with Gasteiger partial charge in [0, 0.05) is 35.6 Å². The second-order valence-electron chi connectivity index (χ2n) is 11.8. The van der Waals surface area contributed by atoms with Gasteiger partial charge in [-0.1, -0.05) is 42.5 Å². The molecule has 4 rings (SSSR count). The molecule has 0 amide bonds. The Morgan fingerprint density at radius 1 is 0.854 bits per heavy atom. The molecular formula is C32H37NO6S2. The number of hydrogen-bond acceptors (Lipinski definition) is 7. The van der Waals surface area contributed by atoms with Gasteiger partial charge in [-0.05, 0) is 86.7 Å². The summed E-state index contributed by atoms with van der Waals surface area (Å²) in [5.41, 5.74) is 3.17. The Balaban J connectivity index is 1.82. The number of aliphatic hydroxyl groups is 2. The van der Waals surface area contributed by atoms with Crippen LogP contribution < -0.4 is 0 Å². The number of aliphatic hydroxyl groups excluding tert-OH is 1. The van der Waals surface area contributed by atoms with Gasteiger partial charge in [0.15, 0.2) is 19.7 Å². The summed E-state index contributed by atoms with van der Waals surface area (Å²) >= 11 is 0. The van der Waals surface area contributed by atoms with Crippen LogP contribution in [0.4, 0.5) is 0 Å². The third kappa shape index (κ3) is 6.54. The fourth-order valence-electron chi connectivity index (χ4n) is 4.96. The topological polar surface area (TPSA) is 122 Å². The molecule has 4 aromatic rings. The summed E-state index contributed by atoms with van der Waals surface area (Å²) in [7, 11) is -6.81. The van der Waals surface area contributed by atoms with Crippen LogP contribution in [-0.4, -0.2) is 56.2 Å². The fourth-order valence-corrected chi connectivity index (χ4v) is 6.14. The number of aromatic nitrogens is 1. The Bertz CT molecular complexity index is 1790. The first-order chi connectivity index (χ1) is 18.9. The molecule has 0 fully saturated rings. The van der Waals surface area contributed by atoms with Gasteiger partial charge in [-0.3, -0.25) is 4.98 Å². The molecule has 0 aliphatic heterocycles. The van der Waals surface area contributed by atoms with E-state index in [1.54, 1.807) is 46.0 Å². The molecular weight excluding hydrogens is 558 g/mol. The summed E-state index contributed by atoms with van der Waals surface area (Å²) in [5, 5.41) is 22.7. The van der Waals surface area contributed by atoms with E-state index in [2.05, 4.69) is 4.98 Å². The molecule has 0 aliphatic carbocycles. The lowest BCUT2D eigenvalue weighted by Gasteiger charge is -2.32. The third-order valence-corrected chi connectivity index (χ3v) is 11.1. The molecule has 1 heterocycles. The highest BCUT2D eigenvalue weighted by Crippen LogP contribution is 2.37. The largest absolute Gasteiger partial charge is 0.390 e. The fraction of sp³-hybridized carbons (Fsp3) is 0.344. The maximum Gasteiger partial charge on any atom is 0.175 e. The van der Waals surface area contributed by atoms with Crippen molar-refractivity contribution in [2.24, 2.45) is 0 Å². The van der Waals surface area contributed by atoms with Crippen LogP contribution in [0.3, 0.4) is 0 Å². The molecule has 218 valence electrons. The SMILES string of the molecule is CC(C)(O)C(O)C(Cc1cccc(-c2cc(C(C)(C)S(C)(=O)=O)cc3cccnc23)c1)c1ccc(S(C)(=O)=O)cc1. The van der Waals surface area contributed by atoms with Crippen molar-refractivity contribution >= 4 is 30.6 Å². The van der Waals surface area contributed by atoms with E-state index in [-0.39, 0.29) is 4.90 Å². The van der Waals surface area contributed by atoms with Gasteiger partial charge >= 0.3 is 0 Å². The van der Waals surface area contributed by atoms with Crippen LogP contribution in [0, 0.1) is 0 Å². The zero-order valence-electron chi connectivity index (χ0n) is 24.2. The van der Waals surface area contributed by atoms with Crippen molar-refractivity contribution < 1.29 is 27.0 Å². The normalized spacial score (nSPS) is 14.6. The maximum absolute atomic E-state index is 12.7. The van der Waals surface area contributed by atoms with Crippen molar-refractivity contribution in [2.75, 3.05) is 12.5 Å². The number of pyridine rings is 1. The molecule has 0 saturated carbocycles. The first kappa shape index (κ1) is 30.8. The molecule has 2 atom stereocenters. The Labute approximate surface area is 242 Å². The van der Waals surface area contributed by atoms with Crippen molar-refractivity contribution in [1.82, 2.24) is 4.98 Å². The lowest BCUT2D eigenvalue weighted by atomic mass is 9.80. The van der Waals surface area contributed by atoms with Gasteiger partial charge in [0.25, 0.3) is 0 Å². The second kappa shape index (κ2) is 10.9. The Kier molecular flexibility index (Phi) is 8.23. The Hall–Kier alpha value is -3.11. The molecule has 9 heteroatoms. The number of fused-ring (bicyclic) bond motifs is 1. The number of rotatable bonds is 9. The number of sulfone groups is 2. The zero-order chi connectivity index (χ0) is 30.4. The van der Waals surface area contributed by atoms with Crippen LogP contribution >= 0.6 is 0 Å². The molecule has 1 aromatic heterocycles. The summed E-state index contributed by atoms with van der Waals surface area (Å²) in [4.78, 5) is 4.77. The van der Waals surface area contributed by atoms with E-state index in [1.165, 1.54) is 18.4 Å². The van der Waals surface area contributed by atoms with E-state index in [0.29, 0.717) is 17.5 Å². The predicted octanol–water partition coefficient (Wildman–Crippen LogP) is 5.04. The zero-order valence-corrected chi connectivity index (χ0v) is 25.8. The van der Waals surface area contributed by atoms with Crippen LogP contribution in [0.2, 0.25) is 0 Å². The van der Waals surface area contributed by atoms with Gasteiger partial charge in [0.05, 0.1) is 26.9 Å². The quantitative estimate of drug-likeness (QED) is 0.278. The molecule has 0 aliphatic rings. The maximum atomic E-state index is 12.7. The minimum atomic E-state index is -3.42.